The minimum atomic E-state index is -0.445. The fraction of sp³-hybridized carbons (Fsp3) is 0.133. The van der Waals surface area contributed by atoms with Gasteiger partial charge in [-0.05, 0) is 30.7 Å². The highest BCUT2D eigenvalue weighted by Crippen LogP contribution is 2.24. The van der Waals surface area contributed by atoms with Gasteiger partial charge in [-0.3, -0.25) is 0 Å². The number of hydrogen-bond acceptors (Lipinski definition) is 2. The van der Waals surface area contributed by atoms with Crippen molar-refractivity contribution in [2.24, 2.45) is 5.73 Å². The van der Waals surface area contributed by atoms with Crippen molar-refractivity contribution in [1.82, 2.24) is 0 Å². The largest absolute Gasteiger partial charge is 0.488 e. The Hall–Kier alpha value is -1.65. The lowest BCUT2D eigenvalue weighted by molar-refractivity contribution is 0.298. The van der Waals surface area contributed by atoms with Gasteiger partial charge in [0.05, 0.1) is 0 Å². The molecular weight excluding hydrogens is 297 g/mol. The van der Waals surface area contributed by atoms with E-state index in [4.69, 9.17) is 34.3 Å². The molecule has 0 saturated carbocycles. The molecule has 5 heteroatoms. The van der Waals surface area contributed by atoms with Crippen LogP contribution in [0.25, 0.3) is 0 Å². The number of halogens is 2. The van der Waals surface area contributed by atoms with Crippen LogP contribution in [0.4, 0.5) is 4.39 Å². The summed E-state index contributed by atoms with van der Waals surface area (Å²) in [4.78, 5) is 0.0308. The molecule has 0 amide bonds. The Morgan fingerprint density at radius 2 is 2.10 bits per heavy atom. The zero-order valence-electron chi connectivity index (χ0n) is 10.8. The highest BCUT2D eigenvalue weighted by Gasteiger charge is 2.11. The Morgan fingerprint density at radius 1 is 1.35 bits per heavy atom. The summed E-state index contributed by atoms with van der Waals surface area (Å²) in [6.07, 6.45) is 0. The van der Waals surface area contributed by atoms with E-state index in [0.29, 0.717) is 16.3 Å². The van der Waals surface area contributed by atoms with Crippen molar-refractivity contribution >= 4 is 28.8 Å². The van der Waals surface area contributed by atoms with Gasteiger partial charge in [-0.25, -0.2) is 4.39 Å². The molecule has 0 aromatic heterocycles. The molecule has 0 bridgehead atoms. The van der Waals surface area contributed by atoms with E-state index >= 15 is 0 Å². The first-order valence-corrected chi connectivity index (χ1v) is 6.74. The number of aryl methyl sites for hydroxylation is 1. The number of nitrogens with two attached hydrogens (primary N) is 1. The van der Waals surface area contributed by atoms with Crippen LogP contribution in [-0.2, 0) is 6.61 Å². The molecular formula is C15H13ClFNOS. The predicted molar refractivity (Wildman–Crippen MR) is 82.8 cm³/mol. The van der Waals surface area contributed by atoms with Gasteiger partial charge >= 0.3 is 0 Å². The van der Waals surface area contributed by atoms with Crippen LogP contribution >= 0.6 is 23.8 Å². The van der Waals surface area contributed by atoms with E-state index in [2.05, 4.69) is 0 Å². The van der Waals surface area contributed by atoms with Crippen LogP contribution in [-0.4, -0.2) is 4.99 Å². The second-order valence-electron chi connectivity index (χ2n) is 4.34. The lowest BCUT2D eigenvalue weighted by Gasteiger charge is -2.11. The highest BCUT2D eigenvalue weighted by atomic mass is 35.5. The van der Waals surface area contributed by atoms with Crippen molar-refractivity contribution in [2.75, 3.05) is 0 Å². The van der Waals surface area contributed by atoms with Gasteiger partial charge in [0.2, 0.25) is 0 Å². The molecule has 2 aromatic rings. The molecule has 0 aliphatic heterocycles. The lowest BCUT2D eigenvalue weighted by atomic mass is 10.1. The Kier molecular flexibility index (Phi) is 4.57. The second-order valence-corrected chi connectivity index (χ2v) is 5.22. The normalized spacial score (nSPS) is 10.3. The van der Waals surface area contributed by atoms with Crippen LogP contribution < -0.4 is 10.5 Å². The Bertz CT molecular complexity index is 660. The van der Waals surface area contributed by atoms with Gasteiger partial charge in [0.15, 0.2) is 0 Å². The molecule has 2 aromatic carbocycles. The van der Waals surface area contributed by atoms with Gasteiger partial charge in [-0.2, -0.15) is 0 Å². The highest BCUT2D eigenvalue weighted by molar-refractivity contribution is 7.80. The monoisotopic (exact) mass is 309 g/mol. The van der Waals surface area contributed by atoms with Gasteiger partial charge in [0.25, 0.3) is 0 Å². The van der Waals surface area contributed by atoms with Gasteiger partial charge < -0.3 is 10.5 Å². The maximum atomic E-state index is 14.1. The smallest absolute Gasteiger partial charge is 0.139 e. The minimum Gasteiger partial charge on any atom is -0.488 e. The van der Waals surface area contributed by atoms with Gasteiger partial charge in [0, 0.05) is 16.1 Å². The topological polar surface area (TPSA) is 35.2 Å². The van der Waals surface area contributed by atoms with E-state index in [1.807, 2.05) is 13.0 Å². The zero-order chi connectivity index (χ0) is 14.7. The number of thiocarbonyl (C=S) groups is 1. The van der Waals surface area contributed by atoms with Crippen LogP contribution in [0, 0.1) is 12.7 Å². The second kappa shape index (κ2) is 6.20. The molecule has 2 nitrogen and oxygen atoms in total. The third kappa shape index (κ3) is 3.26. The van der Waals surface area contributed by atoms with E-state index < -0.39 is 5.82 Å². The van der Waals surface area contributed by atoms with Crippen LogP contribution in [0.1, 0.15) is 16.7 Å². The quantitative estimate of drug-likeness (QED) is 0.867. The molecule has 0 unspecified atom stereocenters. The van der Waals surface area contributed by atoms with Crippen molar-refractivity contribution in [1.29, 1.82) is 0 Å². The maximum Gasteiger partial charge on any atom is 0.139 e. The lowest BCUT2D eigenvalue weighted by Crippen LogP contribution is -2.13. The number of rotatable bonds is 4. The Labute approximate surface area is 127 Å². The number of ether oxygens (including phenoxy) is 1. The summed E-state index contributed by atoms with van der Waals surface area (Å²) in [7, 11) is 0. The summed E-state index contributed by atoms with van der Waals surface area (Å²) in [5.41, 5.74) is 7.02. The summed E-state index contributed by atoms with van der Waals surface area (Å²) in [5.74, 6) is 0.178. The van der Waals surface area contributed by atoms with Crippen LogP contribution in [0.3, 0.4) is 0 Å². The van der Waals surface area contributed by atoms with Crippen molar-refractivity contribution in [2.45, 2.75) is 13.5 Å². The van der Waals surface area contributed by atoms with Crippen LogP contribution in [0.2, 0.25) is 5.02 Å². The SMILES string of the molecule is Cc1ccc(Cl)cc1OCc1cccc(C(N)=S)c1F. The summed E-state index contributed by atoms with van der Waals surface area (Å²) < 4.78 is 19.7. The molecule has 104 valence electrons. The number of benzene rings is 2. The first-order chi connectivity index (χ1) is 9.49. The van der Waals surface area contributed by atoms with Gasteiger partial charge in [-0.1, -0.05) is 42.0 Å². The summed E-state index contributed by atoms with van der Waals surface area (Å²) in [6, 6.07) is 10.2. The number of hydrogen-bond donors (Lipinski definition) is 1. The average molecular weight is 310 g/mol. The van der Waals surface area contributed by atoms with E-state index in [0.717, 1.165) is 5.56 Å². The summed E-state index contributed by atoms with van der Waals surface area (Å²) in [5, 5.41) is 0.572. The third-order valence-electron chi connectivity index (χ3n) is 2.88. The predicted octanol–water partition coefficient (Wildman–Crippen LogP) is 4.00. The van der Waals surface area contributed by atoms with Crippen LogP contribution in [0.15, 0.2) is 36.4 Å². The fourth-order valence-corrected chi connectivity index (χ4v) is 2.09. The molecule has 0 fully saturated rings. The zero-order valence-corrected chi connectivity index (χ0v) is 12.4. The van der Waals surface area contributed by atoms with E-state index in [1.54, 1.807) is 30.3 Å². The first kappa shape index (κ1) is 14.8. The maximum absolute atomic E-state index is 14.1. The molecule has 0 aliphatic rings. The van der Waals surface area contributed by atoms with E-state index in [-0.39, 0.29) is 17.2 Å². The van der Waals surface area contributed by atoms with Gasteiger partial charge in [0.1, 0.15) is 23.2 Å². The molecule has 0 radical (unpaired) electrons. The minimum absolute atomic E-state index is 0.0308. The Balaban J connectivity index is 2.21. The summed E-state index contributed by atoms with van der Waals surface area (Å²) >= 11 is 10.7. The average Bonchev–Trinajstić information content (AvgIpc) is 2.41. The molecule has 0 spiro atoms. The van der Waals surface area contributed by atoms with Crippen LogP contribution in [0.5, 0.6) is 5.75 Å². The fourth-order valence-electron chi connectivity index (χ4n) is 1.77. The van der Waals surface area contributed by atoms with Crippen molar-refractivity contribution in [3.05, 3.63) is 63.9 Å². The molecule has 0 heterocycles. The van der Waals surface area contributed by atoms with Crippen molar-refractivity contribution in [3.8, 4) is 5.75 Å². The van der Waals surface area contributed by atoms with Gasteiger partial charge in [-0.15, -0.1) is 0 Å². The molecule has 0 atom stereocenters. The molecule has 2 rings (SSSR count). The van der Waals surface area contributed by atoms with E-state index in [9.17, 15) is 4.39 Å². The van der Waals surface area contributed by atoms with Crippen molar-refractivity contribution < 1.29 is 9.13 Å². The summed E-state index contributed by atoms with van der Waals surface area (Å²) in [6.45, 7) is 1.98. The van der Waals surface area contributed by atoms with E-state index in [1.165, 1.54) is 0 Å². The first-order valence-electron chi connectivity index (χ1n) is 5.95. The standard InChI is InChI=1S/C15H13ClFNOS/c1-9-5-6-11(16)7-13(9)19-8-10-3-2-4-12(14(10)17)15(18)20/h2-7H,8H2,1H3,(H2,18,20). The molecule has 20 heavy (non-hydrogen) atoms. The third-order valence-corrected chi connectivity index (χ3v) is 3.33. The Morgan fingerprint density at radius 3 is 2.80 bits per heavy atom. The molecule has 2 N–H and O–H groups in total. The van der Waals surface area contributed by atoms with Crippen molar-refractivity contribution in [3.63, 3.8) is 0 Å². The molecule has 0 saturated heterocycles. The molecule has 0 aliphatic carbocycles.